The van der Waals surface area contributed by atoms with E-state index in [2.05, 4.69) is 33.2 Å². The smallest absolute Gasteiger partial charge is 0.410 e. The molecule has 178 valence electrons. The highest BCUT2D eigenvalue weighted by Gasteiger charge is 2.24. The summed E-state index contributed by atoms with van der Waals surface area (Å²) in [6, 6.07) is 12.2. The van der Waals surface area contributed by atoms with E-state index in [0.29, 0.717) is 13.1 Å². The first-order valence-electron chi connectivity index (χ1n) is 11.8. The maximum absolute atomic E-state index is 12.4. The molecule has 1 aliphatic rings. The number of aromatic nitrogens is 4. The maximum atomic E-state index is 12.4. The third-order valence-corrected chi connectivity index (χ3v) is 5.96. The number of carbonyl (C=O) groups excluding carboxylic acids is 1. The monoisotopic (exact) mass is 467 g/mol. The zero-order valence-electron chi connectivity index (χ0n) is 20.5. The molecule has 1 aliphatic heterocycles. The number of rotatable bonds is 3. The Labute approximate surface area is 204 Å². The first-order valence-corrected chi connectivity index (χ1v) is 11.8. The fourth-order valence-corrected chi connectivity index (χ4v) is 4.28. The molecule has 7 nitrogen and oxygen atoms in total. The zero-order valence-corrected chi connectivity index (χ0v) is 20.5. The molecule has 0 bridgehead atoms. The number of H-pyrrole nitrogens is 1. The molecule has 1 amide bonds. The van der Waals surface area contributed by atoms with Crippen LogP contribution in [0.1, 0.15) is 38.4 Å². The number of aryl methyl sites for hydroxylation is 1. The van der Waals surface area contributed by atoms with Crippen LogP contribution in [0.15, 0.2) is 61.1 Å². The van der Waals surface area contributed by atoms with Crippen molar-refractivity contribution in [2.75, 3.05) is 13.1 Å². The van der Waals surface area contributed by atoms with E-state index in [1.54, 1.807) is 4.90 Å². The minimum Gasteiger partial charge on any atom is -0.444 e. The molecule has 0 saturated heterocycles. The van der Waals surface area contributed by atoms with Gasteiger partial charge in [0, 0.05) is 48.3 Å². The van der Waals surface area contributed by atoms with Crippen molar-refractivity contribution in [1.82, 2.24) is 24.8 Å². The third kappa shape index (κ3) is 4.94. The van der Waals surface area contributed by atoms with Crippen molar-refractivity contribution in [3.05, 3.63) is 72.3 Å². The molecule has 0 radical (unpaired) electrons. The molecule has 5 rings (SSSR count). The van der Waals surface area contributed by atoms with Crippen LogP contribution >= 0.6 is 0 Å². The number of fused-ring (bicyclic) bond motifs is 1. The Balaban J connectivity index is 1.46. The van der Waals surface area contributed by atoms with Crippen molar-refractivity contribution >= 4 is 22.7 Å². The molecular weight excluding hydrogens is 438 g/mol. The fraction of sp³-hybridized carbons (Fsp3) is 0.286. The third-order valence-electron chi connectivity index (χ3n) is 5.96. The van der Waals surface area contributed by atoms with E-state index in [0.717, 1.165) is 51.2 Å². The Kier molecular flexibility index (Phi) is 5.84. The van der Waals surface area contributed by atoms with Crippen molar-refractivity contribution in [2.45, 2.75) is 39.7 Å². The second-order valence-corrected chi connectivity index (χ2v) is 9.83. The number of hydrogen-bond acceptors (Lipinski definition) is 5. The van der Waals surface area contributed by atoms with Gasteiger partial charge in [0.2, 0.25) is 0 Å². The standard InChI is InChI=1S/C28H29N5O2/c1-18-6-5-7-24(31-18)25-15-23(22-8-11-30-26(22)32-25)21-14-20(16-29-17-21)19-9-12-33(13-10-19)27(34)35-28(2,3)4/h5-9,11,14-17H,10,12-13H2,1-4H3,(H,30,32). The van der Waals surface area contributed by atoms with Crippen LogP contribution in [0.4, 0.5) is 4.79 Å². The quantitative estimate of drug-likeness (QED) is 0.398. The highest BCUT2D eigenvalue weighted by atomic mass is 16.6. The van der Waals surface area contributed by atoms with Gasteiger partial charge in [-0.1, -0.05) is 12.1 Å². The van der Waals surface area contributed by atoms with Gasteiger partial charge < -0.3 is 14.6 Å². The first-order chi connectivity index (χ1) is 16.8. The average Bonchev–Trinajstić information content (AvgIpc) is 3.31. The number of nitrogens with one attached hydrogen (secondary N) is 1. The van der Waals surface area contributed by atoms with Gasteiger partial charge in [0.25, 0.3) is 0 Å². The van der Waals surface area contributed by atoms with Crippen LogP contribution in [0.25, 0.3) is 39.1 Å². The minimum absolute atomic E-state index is 0.274. The van der Waals surface area contributed by atoms with Gasteiger partial charge in [0.15, 0.2) is 0 Å². The van der Waals surface area contributed by atoms with Gasteiger partial charge in [0.05, 0.1) is 11.4 Å². The van der Waals surface area contributed by atoms with E-state index in [1.165, 1.54) is 5.57 Å². The van der Waals surface area contributed by atoms with Gasteiger partial charge in [-0.25, -0.2) is 9.78 Å². The number of nitrogens with zero attached hydrogens (tertiary/aromatic N) is 4. The van der Waals surface area contributed by atoms with Crippen molar-refractivity contribution in [3.8, 4) is 22.5 Å². The Hall–Kier alpha value is -4.00. The van der Waals surface area contributed by atoms with Gasteiger partial charge >= 0.3 is 6.09 Å². The molecule has 4 aromatic rings. The summed E-state index contributed by atoms with van der Waals surface area (Å²) in [7, 11) is 0. The van der Waals surface area contributed by atoms with Crippen LogP contribution < -0.4 is 0 Å². The van der Waals surface area contributed by atoms with Crippen molar-refractivity contribution in [3.63, 3.8) is 0 Å². The molecule has 0 aliphatic carbocycles. The van der Waals surface area contributed by atoms with Crippen LogP contribution in [0, 0.1) is 6.92 Å². The van der Waals surface area contributed by atoms with Crippen LogP contribution in [-0.4, -0.2) is 49.6 Å². The van der Waals surface area contributed by atoms with E-state index in [1.807, 2.05) is 70.6 Å². The lowest BCUT2D eigenvalue weighted by Gasteiger charge is -2.29. The topological polar surface area (TPSA) is 84.0 Å². The molecule has 0 fully saturated rings. The summed E-state index contributed by atoms with van der Waals surface area (Å²) in [5, 5.41) is 1.04. The SMILES string of the molecule is Cc1cccc(-c2cc(-c3cncc(C4=CCN(C(=O)OC(C)(C)C)CC4)c3)c3cc[nH]c3n2)n1. The molecule has 35 heavy (non-hydrogen) atoms. The summed E-state index contributed by atoms with van der Waals surface area (Å²) >= 11 is 0. The fourth-order valence-electron chi connectivity index (χ4n) is 4.28. The molecule has 7 heteroatoms. The Morgan fingerprint density at radius 1 is 1.06 bits per heavy atom. The summed E-state index contributed by atoms with van der Waals surface area (Å²) in [4.78, 5) is 31.4. The van der Waals surface area contributed by atoms with Gasteiger partial charge in [0.1, 0.15) is 11.2 Å². The Morgan fingerprint density at radius 3 is 2.63 bits per heavy atom. The zero-order chi connectivity index (χ0) is 24.6. The van der Waals surface area contributed by atoms with Crippen molar-refractivity contribution in [2.24, 2.45) is 0 Å². The minimum atomic E-state index is -0.500. The highest BCUT2D eigenvalue weighted by molar-refractivity contribution is 5.95. The predicted octanol–water partition coefficient (Wildman–Crippen LogP) is 6.02. The molecule has 0 aromatic carbocycles. The molecule has 5 heterocycles. The van der Waals surface area contributed by atoms with E-state index >= 15 is 0 Å². The highest BCUT2D eigenvalue weighted by Crippen LogP contribution is 2.33. The van der Waals surface area contributed by atoms with E-state index in [9.17, 15) is 4.79 Å². The van der Waals surface area contributed by atoms with Gasteiger partial charge in [-0.3, -0.25) is 9.97 Å². The molecule has 1 N–H and O–H groups in total. The predicted molar refractivity (Wildman–Crippen MR) is 138 cm³/mol. The van der Waals surface area contributed by atoms with Crippen LogP contribution in [-0.2, 0) is 4.74 Å². The maximum Gasteiger partial charge on any atom is 0.410 e. The van der Waals surface area contributed by atoms with Crippen LogP contribution in [0.5, 0.6) is 0 Å². The second-order valence-electron chi connectivity index (χ2n) is 9.83. The summed E-state index contributed by atoms with van der Waals surface area (Å²) < 4.78 is 5.51. The second kappa shape index (κ2) is 8.98. The van der Waals surface area contributed by atoms with Crippen molar-refractivity contribution in [1.29, 1.82) is 0 Å². The number of carbonyl (C=O) groups is 1. The number of hydrogen-bond donors (Lipinski definition) is 1. The van der Waals surface area contributed by atoms with E-state index < -0.39 is 5.60 Å². The first kappa shape index (κ1) is 22.8. The molecule has 4 aromatic heterocycles. The number of aromatic amines is 1. The molecule has 0 spiro atoms. The van der Waals surface area contributed by atoms with E-state index in [-0.39, 0.29) is 6.09 Å². The summed E-state index contributed by atoms with van der Waals surface area (Å²) in [6.45, 7) is 8.77. The molecular formula is C28H29N5O2. The lowest BCUT2D eigenvalue weighted by Crippen LogP contribution is -2.39. The van der Waals surface area contributed by atoms with Crippen LogP contribution in [0.3, 0.4) is 0 Å². The molecule has 0 atom stereocenters. The Bertz CT molecular complexity index is 1430. The summed E-state index contributed by atoms with van der Waals surface area (Å²) in [5.41, 5.74) is 7.22. The Morgan fingerprint density at radius 2 is 1.89 bits per heavy atom. The van der Waals surface area contributed by atoms with Gasteiger partial charge in [-0.2, -0.15) is 0 Å². The van der Waals surface area contributed by atoms with Gasteiger partial charge in [-0.05, 0) is 81.1 Å². The summed E-state index contributed by atoms with van der Waals surface area (Å²) in [6.07, 6.45) is 8.24. The summed E-state index contributed by atoms with van der Waals surface area (Å²) in [5.74, 6) is 0. The number of amides is 1. The van der Waals surface area contributed by atoms with E-state index in [4.69, 9.17) is 9.72 Å². The average molecular weight is 468 g/mol. The number of pyridine rings is 3. The lowest BCUT2D eigenvalue weighted by molar-refractivity contribution is 0.0270. The molecule has 0 unspecified atom stereocenters. The number of ether oxygens (including phenoxy) is 1. The van der Waals surface area contributed by atoms with Gasteiger partial charge in [-0.15, -0.1) is 0 Å². The normalized spacial score (nSPS) is 14.2. The largest absolute Gasteiger partial charge is 0.444 e. The lowest BCUT2D eigenvalue weighted by atomic mass is 9.97. The van der Waals surface area contributed by atoms with Crippen LogP contribution in [0.2, 0.25) is 0 Å². The molecule has 0 saturated carbocycles. The van der Waals surface area contributed by atoms with Crippen molar-refractivity contribution < 1.29 is 9.53 Å².